The first kappa shape index (κ1) is 14.8. The predicted octanol–water partition coefficient (Wildman–Crippen LogP) is 4.93. The van der Waals surface area contributed by atoms with Crippen LogP contribution >= 0.6 is 23.8 Å². The topological polar surface area (TPSA) is 31.0 Å². The molecule has 112 valence electrons. The third kappa shape index (κ3) is 2.42. The normalized spacial score (nSPS) is 10.9. The molecule has 0 aliphatic rings. The maximum atomic E-state index is 14.0. The third-order valence-electron chi connectivity index (χ3n) is 2.88. The summed E-state index contributed by atoms with van der Waals surface area (Å²) in [6, 6.07) is 7.51. The Morgan fingerprint density at radius 1 is 1.05 bits per heavy atom. The van der Waals surface area contributed by atoms with E-state index in [0.29, 0.717) is 0 Å². The van der Waals surface area contributed by atoms with Crippen molar-refractivity contribution in [2.24, 2.45) is 0 Å². The Bertz CT molecular complexity index is 902. The second-order valence-corrected chi connectivity index (χ2v) is 5.01. The molecule has 3 nitrogen and oxygen atoms in total. The molecular formula is C14H6ClF3N2OS. The summed E-state index contributed by atoms with van der Waals surface area (Å²) in [4.78, 5) is -0.265. The van der Waals surface area contributed by atoms with Crippen molar-refractivity contribution >= 4 is 23.8 Å². The van der Waals surface area contributed by atoms with Gasteiger partial charge < -0.3 is 4.42 Å². The number of benzene rings is 2. The molecule has 0 N–H and O–H groups in total. The van der Waals surface area contributed by atoms with Crippen LogP contribution in [0.15, 0.2) is 40.8 Å². The number of hydrogen-bond acceptors (Lipinski definition) is 3. The van der Waals surface area contributed by atoms with Gasteiger partial charge in [0.25, 0.3) is 10.7 Å². The van der Waals surface area contributed by atoms with Crippen molar-refractivity contribution in [3.05, 3.63) is 63.7 Å². The van der Waals surface area contributed by atoms with Crippen molar-refractivity contribution in [1.82, 2.24) is 9.78 Å². The number of hydrogen-bond donors (Lipinski definition) is 0. The summed E-state index contributed by atoms with van der Waals surface area (Å²) >= 11 is 10.6. The lowest BCUT2D eigenvalue weighted by atomic mass is 10.2. The predicted molar refractivity (Wildman–Crippen MR) is 77.0 cm³/mol. The molecular weight excluding hydrogens is 337 g/mol. The van der Waals surface area contributed by atoms with E-state index in [9.17, 15) is 13.2 Å². The second-order valence-electron chi connectivity index (χ2n) is 4.25. The van der Waals surface area contributed by atoms with Crippen LogP contribution in [0.5, 0.6) is 0 Å². The van der Waals surface area contributed by atoms with E-state index in [1.165, 1.54) is 24.3 Å². The van der Waals surface area contributed by atoms with Crippen LogP contribution in [-0.2, 0) is 0 Å². The molecule has 0 radical (unpaired) electrons. The standard InChI is InChI=1S/C14H6ClF3N2OS/c15-7-3-1-6-10(12(7)18)20-14(22)21-13(19-20)11-8(16)4-2-5-9(11)17/h1-6H. The minimum Gasteiger partial charge on any atom is -0.409 e. The maximum absolute atomic E-state index is 14.0. The van der Waals surface area contributed by atoms with Crippen LogP contribution in [0, 0.1) is 22.3 Å². The smallest absolute Gasteiger partial charge is 0.292 e. The lowest BCUT2D eigenvalue weighted by Gasteiger charge is -2.02. The molecule has 0 saturated carbocycles. The zero-order valence-corrected chi connectivity index (χ0v) is 12.3. The van der Waals surface area contributed by atoms with Gasteiger partial charge >= 0.3 is 0 Å². The summed E-state index contributed by atoms with van der Waals surface area (Å²) < 4.78 is 47.5. The second kappa shape index (κ2) is 5.58. The van der Waals surface area contributed by atoms with Gasteiger partial charge in [0.2, 0.25) is 0 Å². The summed E-state index contributed by atoms with van der Waals surface area (Å²) in [5.41, 5.74) is -0.556. The molecule has 0 atom stereocenters. The van der Waals surface area contributed by atoms with E-state index in [-0.39, 0.29) is 21.4 Å². The van der Waals surface area contributed by atoms with Gasteiger partial charge in [-0.1, -0.05) is 23.7 Å². The van der Waals surface area contributed by atoms with Crippen LogP contribution in [0.4, 0.5) is 13.2 Å². The van der Waals surface area contributed by atoms with Crippen molar-refractivity contribution in [2.45, 2.75) is 0 Å². The molecule has 0 amide bonds. The van der Waals surface area contributed by atoms with Crippen LogP contribution in [0.3, 0.4) is 0 Å². The molecule has 0 saturated heterocycles. The number of aromatic nitrogens is 2. The van der Waals surface area contributed by atoms with Gasteiger partial charge in [-0.15, -0.1) is 5.10 Å². The van der Waals surface area contributed by atoms with Crippen LogP contribution in [0.1, 0.15) is 0 Å². The van der Waals surface area contributed by atoms with E-state index in [2.05, 4.69) is 5.10 Å². The van der Waals surface area contributed by atoms with E-state index < -0.39 is 23.0 Å². The van der Waals surface area contributed by atoms with Crippen LogP contribution in [-0.4, -0.2) is 9.78 Å². The molecule has 0 aliphatic heterocycles. The van der Waals surface area contributed by atoms with Crippen molar-refractivity contribution < 1.29 is 17.6 Å². The molecule has 0 bridgehead atoms. The molecule has 0 aliphatic carbocycles. The quantitative estimate of drug-likeness (QED) is 0.618. The average molecular weight is 343 g/mol. The summed E-state index contributed by atoms with van der Waals surface area (Å²) in [5, 5.41) is 3.70. The van der Waals surface area contributed by atoms with Gasteiger partial charge in [0.05, 0.1) is 5.02 Å². The minimum atomic E-state index is -0.866. The first-order valence-corrected chi connectivity index (χ1v) is 6.76. The van der Waals surface area contributed by atoms with Crippen molar-refractivity contribution in [2.75, 3.05) is 0 Å². The number of nitrogens with zero attached hydrogens (tertiary/aromatic N) is 2. The van der Waals surface area contributed by atoms with Crippen molar-refractivity contribution in [3.8, 4) is 17.1 Å². The van der Waals surface area contributed by atoms with Crippen molar-refractivity contribution in [1.29, 1.82) is 0 Å². The molecule has 0 unspecified atom stereocenters. The van der Waals surface area contributed by atoms with E-state index in [0.717, 1.165) is 16.8 Å². The van der Waals surface area contributed by atoms with E-state index >= 15 is 0 Å². The zero-order chi connectivity index (χ0) is 15.9. The highest BCUT2D eigenvalue weighted by atomic mass is 35.5. The first-order chi connectivity index (χ1) is 10.5. The number of rotatable bonds is 2. The molecule has 1 heterocycles. The fourth-order valence-electron chi connectivity index (χ4n) is 1.89. The lowest BCUT2D eigenvalue weighted by Crippen LogP contribution is -2.01. The van der Waals surface area contributed by atoms with Gasteiger partial charge in [-0.25, -0.2) is 13.2 Å². The van der Waals surface area contributed by atoms with E-state index in [4.69, 9.17) is 28.2 Å². The first-order valence-electron chi connectivity index (χ1n) is 5.98. The maximum Gasteiger partial charge on any atom is 0.292 e. The monoisotopic (exact) mass is 342 g/mol. The van der Waals surface area contributed by atoms with Gasteiger partial charge in [0, 0.05) is 0 Å². The van der Waals surface area contributed by atoms with Crippen LogP contribution in [0.25, 0.3) is 17.1 Å². The molecule has 0 spiro atoms. The summed E-state index contributed by atoms with van der Waals surface area (Å²) in [6.45, 7) is 0. The fourth-order valence-corrected chi connectivity index (χ4v) is 2.28. The SMILES string of the molecule is Fc1cccc(F)c1-c1nn(-c2cccc(Cl)c2F)c(=S)o1. The Kier molecular flexibility index (Phi) is 3.76. The Labute approximate surface area is 132 Å². The van der Waals surface area contributed by atoms with Gasteiger partial charge in [0.1, 0.15) is 22.9 Å². The summed E-state index contributed by atoms with van der Waals surface area (Å²) in [7, 11) is 0. The zero-order valence-electron chi connectivity index (χ0n) is 10.7. The Hall–Kier alpha value is -2.12. The van der Waals surface area contributed by atoms with Gasteiger partial charge in [0.15, 0.2) is 5.82 Å². The third-order valence-corrected chi connectivity index (χ3v) is 3.43. The molecule has 2 aromatic carbocycles. The highest BCUT2D eigenvalue weighted by Gasteiger charge is 2.19. The highest BCUT2D eigenvalue weighted by molar-refractivity contribution is 7.71. The molecule has 8 heteroatoms. The summed E-state index contributed by atoms with van der Waals surface area (Å²) in [5.74, 6) is -2.89. The van der Waals surface area contributed by atoms with Gasteiger partial charge in [-0.05, 0) is 36.5 Å². The average Bonchev–Trinajstić information content (AvgIpc) is 2.83. The lowest BCUT2D eigenvalue weighted by molar-refractivity contribution is 0.522. The molecule has 22 heavy (non-hydrogen) atoms. The summed E-state index contributed by atoms with van der Waals surface area (Å²) in [6.07, 6.45) is 0. The molecule has 1 aromatic heterocycles. The van der Waals surface area contributed by atoms with Crippen LogP contribution in [0.2, 0.25) is 5.02 Å². The van der Waals surface area contributed by atoms with Gasteiger partial charge in [-0.3, -0.25) is 0 Å². The Balaban J connectivity index is 2.21. The highest BCUT2D eigenvalue weighted by Crippen LogP contribution is 2.27. The molecule has 0 fully saturated rings. The Morgan fingerprint density at radius 3 is 2.36 bits per heavy atom. The van der Waals surface area contributed by atoms with Crippen LogP contribution < -0.4 is 0 Å². The van der Waals surface area contributed by atoms with E-state index in [1.54, 1.807) is 0 Å². The van der Waals surface area contributed by atoms with Crippen molar-refractivity contribution in [3.63, 3.8) is 0 Å². The number of halogens is 4. The van der Waals surface area contributed by atoms with E-state index in [1.807, 2.05) is 0 Å². The molecule has 3 aromatic rings. The van der Waals surface area contributed by atoms with Gasteiger partial charge in [-0.2, -0.15) is 4.68 Å². The fraction of sp³-hybridized carbons (Fsp3) is 0. The Morgan fingerprint density at radius 2 is 1.68 bits per heavy atom. The molecule has 3 rings (SSSR count). The largest absolute Gasteiger partial charge is 0.409 e. The minimum absolute atomic E-state index is 0.0794.